The highest BCUT2D eigenvalue weighted by Crippen LogP contribution is 2.44. The first-order valence-corrected chi connectivity index (χ1v) is 11.4. The molecule has 0 aliphatic carbocycles. The Balaban J connectivity index is 1.82. The lowest BCUT2D eigenvalue weighted by molar-refractivity contribution is -0.763. The Hall–Kier alpha value is -2.86. The van der Waals surface area contributed by atoms with E-state index in [0.29, 0.717) is 0 Å². The lowest BCUT2D eigenvalue weighted by Gasteiger charge is -2.48. The van der Waals surface area contributed by atoms with Gasteiger partial charge in [0.15, 0.2) is 0 Å². The summed E-state index contributed by atoms with van der Waals surface area (Å²) >= 11 is 0. The number of quaternary nitrogens is 1. The van der Waals surface area contributed by atoms with E-state index >= 15 is 0 Å². The van der Waals surface area contributed by atoms with Crippen molar-refractivity contribution >= 4 is 0 Å². The van der Waals surface area contributed by atoms with E-state index in [2.05, 4.69) is 85.6 Å². The van der Waals surface area contributed by atoms with Gasteiger partial charge in [0.2, 0.25) is 0 Å². The van der Waals surface area contributed by atoms with E-state index in [0.717, 1.165) is 18.4 Å². The van der Waals surface area contributed by atoms with E-state index < -0.39 is 5.60 Å². The molecule has 1 heterocycles. The molecule has 1 fully saturated rings. The van der Waals surface area contributed by atoms with Gasteiger partial charge in [0, 0.05) is 16.7 Å². The van der Waals surface area contributed by atoms with Crippen LogP contribution < -0.4 is 5.32 Å². The molecular weight excluding hydrogens is 378 g/mol. The van der Waals surface area contributed by atoms with Crippen LogP contribution in [0.5, 0.6) is 0 Å². The minimum absolute atomic E-state index is 0.0115. The maximum Gasteiger partial charge on any atom is 0.143 e. The molecule has 5 atom stereocenters. The second-order valence-electron chi connectivity index (χ2n) is 8.69. The van der Waals surface area contributed by atoms with Crippen LogP contribution in [0.15, 0.2) is 91.0 Å². The van der Waals surface area contributed by atoms with Crippen LogP contribution in [0, 0.1) is 23.7 Å². The summed E-state index contributed by atoms with van der Waals surface area (Å²) in [6.07, 6.45) is 1.95. The van der Waals surface area contributed by atoms with Crippen LogP contribution >= 0.6 is 0 Å². The maximum absolute atomic E-state index is 12.3. The topological polar surface area (TPSA) is 36.8 Å². The summed E-state index contributed by atoms with van der Waals surface area (Å²) in [6.45, 7) is 4.36. The van der Waals surface area contributed by atoms with Crippen molar-refractivity contribution in [1.29, 1.82) is 0 Å². The molecule has 158 valence electrons. The quantitative estimate of drug-likeness (QED) is 0.591. The highest BCUT2D eigenvalue weighted by molar-refractivity contribution is 5.38. The van der Waals surface area contributed by atoms with Crippen molar-refractivity contribution in [1.82, 2.24) is 0 Å². The number of hydrogen-bond acceptors (Lipinski definition) is 1. The Kier molecular flexibility index (Phi) is 6.56. The molecule has 0 amide bonds. The fourth-order valence-corrected chi connectivity index (χ4v) is 5.11. The Morgan fingerprint density at radius 3 is 1.87 bits per heavy atom. The number of hydrogen-bond donors (Lipinski definition) is 2. The third-order valence-electron chi connectivity index (χ3n) is 6.80. The molecule has 1 aliphatic rings. The fraction of sp³-hybridized carbons (Fsp3) is 0.310. The predicted octanol–water partition coefficient (Wildman–Crippen LogP) is 4.88. The number of nitrogens with two attached hydrogens (primary N) is 1. The lowest BCUT2D eigenvalue weighted by atomic mass is 9.64. The van der Waals surface area contributed by atoms with Gasteiger partial charge in [0.05, 0.1) is 11.8 Å². The Bertz CT molecular complexity index is 1020. The summed E-state index contributed by atoms with van der Waals surface area (Å²) in [5, 5.41) is 14.7. The first-order valence-electron chi connectivity index (χ1n) is 11.4. The Morgan fingerprint density at radius 2 is 1.32 bits per heavy atom. The lowest BCUT2D eigenvalue weighted by Crippen LogP contribution is -2.93. The number of rotatable bonds is 4. The van der Waals surface area contributed by atoms with Gasteiger partial charge < -0.3 is 10.4 Å². The van der Waals surface area contributed by atoms with Gasteiger partial charge in [-0.25, -0.2) is 0 Å². The smallest absolute Gasteiger partial charge is 0.143 e. The molecule has 3 N–H and O–H groups in total. The summed E-state index contributed by atoms with van der Waals surface area (Å²) in [6, 6.07) is 31.5. The highest BCUT2D eigenvalue weighted by atomic mass is 16.3. The largest absolute Gasteiger partial charge is 0.376 e. The number of aliphatic hydroxyl groups is 1. The van der Waals surface area contributed by atoms with Gasteiger partial charge in [-0.1, -0.05) is 111 Å². The zero-order valence-electron chi connectivity index (χ0n) is 18.4. The second-order valence-corrected chi connectivity index (χ2v) is 8.69. The molecule has 3 aromatic rings. The standard InChI is InChI=1S/C29H31NO/c1-3-13-26-28(25-18-11-6-12-19-25)30-27(24-16-9-5-10-17-24)22(2)29(26,31)21-20-23-14-7-4-8-15-23/h4-12,14-19,22,26-28,30-31H,3,13H2,1-2H3/p+1/t22-,26+,27-,28-,29+/m0/s1. The molecule has 0 radical (unpaired) electrons. The molecule has 4 rings (SSSR count). The van der Waals surface area contributed by atoms with E-state index in [1.54, 1.807) is 0 Å². The number of benzene rings is 3. The molecule has 1 aliphatic heterocycles. The fourth-order valence-electron chi connectivity index (χ4n) is 5.11. The molecular formula is C29H32NO+. The average Bonchev–Trinajstić information content (AvgIpc) is 2.83. The van der Waals surface area contributed by atoms with Gasteiger partial charge >= 0.3 is 0 Å². The summed E-state index contributed by atoms with van der Waals surface area (Å²) in [4.78, 5) is 0. The van der Waals surface area contributed by atoms with Crippen molar-refractivity contribution in [2.24, 2.45) is 11.8 Å². The highest BCUT2D eigenvalue weighted by Gasteiger charge is 2.55. The SMILES string of the molecule is CCC[C@@H]1[C@H](c2ccccc2)[NH2+][C@H](c2ccccc2)[C@H](C)[C@]1(O)C#Cc1ccccc1. The number of piperidine rings is 1. The zero-order valence-corrected chi connectivity index (χ0v) is 18.4. The Morgan fingerprint density at radius 1 is 0.806 bits per heavy atom. The summed E-state index contributed by atoms with van der Waals surface area (Å²) in [7, 11) is 0. The predicted molar refractivity (Wildman–Crippen MR) is 126 cm³/mol. The van der Waals surface area contributed by atoms with Gasteiger partial charge in [-0.2, -0.15) is 0 Å². The molecule has 3 aromatic carbocycles. The van der Waals surface area contributed by atoms with Crippen LogP contribution in [0.1, 0.15) is 55.5 Å². The molecule has 31 heavy (non-hydrogen) atoms. The first kappa shape index (κ1) is 21.4. The third kappa shape index (κ3) is 4.44. The van der Waals surface area contributed by atoms with Crippen LogP contribution in [-0.2, 0) is 0 Å². The minimum atomic E-state index is -1.08. The molecule has 0 spiro atoms. The van der Waals surface area contributed by atoms with Gasteiger partial charge in [0.25, 0.3) is 0 Å². The van der Waals surface area contributed by atoms with E-state index in [1.165, 1.54) is 11.1 Å². The van der Waals surface area contributed by atoms with E-state index in [-0.39, 0.29) is 23.9 Å². The minimum Gasteiger partial charge on any atom is -0.376 e. The van der Waals surface area contributed by atoms with Gasteiger partial charge in [0.1, 0.15) is 17.7 Å². The molecule has 1 saturated heterocycles. The normalized spacial score (nSPS) is 27.8. The van der Waals surface area contributed by atoms with Crippen LogP contribution in [0.2, 0.25) is 0 Å². The summed E-state index contributed by atoms with van der Waals surface area (Å²) in [5.74, 6) is 6.72. The van der Waals surface area contributed by atoms with Crippen molar-refractivity contribution < 1.29 is 10.4 Å². The van der Waals surface area contributed by atoms with Crippen LogP contribution in [0.4, 0.5) is 0 Å². The average molecular weight is 411 g/mol. The molecule has 0 unspecified atom stereocenters. The van der Waals surface area contributed by atoms with Crippen molar-refractivity contribution in [2.75, 3.05) is 0 Å². The molecule has 0 saturated carbocycles. The summed E-state index contributed by atoms with van der Waals surface area (Å²) < 4.78 is 0. The summed E-state index contributed by atoms with van der Waals surface area (Å²) in [5.41, 5.74) is 2.36. The van der Waals surface area contributed by atoms with Crippen LogP contribution in [-0.4, -0.2) is 10.7 Å². The molecule has 2 nitrogen and oxygen atoms in total. The van der Waals surface area contributed by atoms with Crippen molar-refractivity contribution in [3.63, 3.8) is 0 Å². The second kappa shape index (κ2) is 9.52. The van der Waals surface area contributed by atoms with Crippen molar-refractivity contribution in [3.05, 3.63) is 108 Å². The molecule has 0 aromatic heterocycles. The van der Waals surface area contributed by atoms with Gasteiger partial charge in [-0.3, -0.25) is 0 Å². The Labute approximate surface area is 186 Å². The van der Waals surface area contributed by atoms with Gasteiger partial charge in [-0.15, -0.1) is 0 Å². The van der Waals surface area contributed by atoms with Crippen LogP contribution in [0.25, 0.3) is 0 Å². The van der Waals surface area contributed by atoms with E-state index in [1.807, 2.05) is 36.4 Å². The molecule has 2 heteroatoms. The van der Waals surface area contributed by atoms with Crippen molar-refractivity contribution in [2.45, 2.75) is 44.4 Å². The zero-order chi connectivity index (χ0) is 21.7. The van der Waals surface area contributed by atoms with Gasteiger partial charge in [-0.05, 0) is 18.6 Å². The van der Waals surface area contributed by atoms with E-state index in [4.69, 9.17) is 0 Å². The molecule has 0 bridgehead atoms. The van der Waals surface area contributed by atoms with Crippen molar-refractivity contribution in [3.8, 4) is 11.8 Å². The van der Waals surface area contributed by atoms with E-state index in [9.17, 15) is 5.11 Å². The first-order chi connectivity index (χ1) is 15.1. The third-order valence-corrected chi connectivity index (χ3v) is 6.80. The maximum atomic E-state index is 12.3. The monoisotopic (exact) mass is 410 g/mol. The van der Waals surface area contributed by atoms with Crippen LogP contribution in [0.3, 0.4) is 0 Å².